The SMILES string of the molecule is COc1cc(Cl)c(C)cc1NC(=O)/C(C#N)=C/c1ccccc1OCC#N. The molecule has 0 spiro atoms. The van der Waals surface area contributed by atoms with Crippen LogP contribution >= 0.6 is 11.6 Å². The number of carbonyl (C=O) groups excluding carboxylic acids is 1. The molecule has 0 aliphatic carbocycles. The van der Waals surface area contributed by atoms with Crippen molar-refractivity contribution in [3.8, 4) is 23.6 Å². The van der Waals surface area contributed by atoms with Gasteiger partial charge < -0.3 is 14.8 Å². The molecule has 0 aliphatic heterocycles. The number of para-hydroxylation sites is 1. The normalized spacial score (nSPS) is 10.5. The Morgan fingerprint density at radius 1 is 1.26 bits per heavy atom. The van der Waals surface area contributed by atoms with E-state index in [1.54, 1.807) is 43.3 Å². The first-order valence-electron chi connectivity index (χ1n) is 7.86. The van der Waals surface area contributed by atoms with E-state index in [0.717, 1.165) is 5.56 Å². The van der Waals surface area contributed by atoms with Crippen LogP contribution in [0.2, 0.25) is 5.02 Å². The highest BCUT2D eigenvalue weighted by Crippen LogP contribution is 2.31. The monoisotopic (exact) mass is 381 g/mol. The second-order valence-corrected chi connectivity index (χ2v) is 5.82. The quantitative estimate of drug-likeness (QED) is 0.600. The van der Waals surface area contributed by atoms with Crippen molar-refractivity contribution in [1.29, 1.82) is 10.5 Å². The maximum absolute atomic E-state index is 12.6. The van der Waals surface area contributed by atoms with Crippen molar-refractivity contribution >= 4 is 29.3 Å². The largest absolute Gasteiger partial charge is 0.495 e. The Morgan fingerprint density at radius 3 is 2.67 bits per heavy atom. The van der Waals surface area contributed by atoms with Gasteiger partial charge in [0.05, 0.1) is 12.8 Å². The fourth-order valence-corrected chi connectivity index (χ4v) is 2.42. The van der Waals surface area contributed by atoms with Crippen molar-refractivity contribution in [3.63, 3.8) is 0 Å². The molecule has 2 aromatic carbocycles. The molecule has 0 bridgehead atoms. The minimum absolute atomic E-state index is 0.127. The number of nitriles is 2. The van der Waals surface area contributed by atoms with Crippen molar-refractivity contribution in [2.75, 3.05) is 19.0 Å². The highest BCUT2D eigenvalue weighted by atomic mass is 35.5. The molecule has 6 nitrogen and oxygen atoms in total. The summed E-state index contributed by atoms with van der Waals surface area (Å²) >= 11 is 6.06. The lowest BCUT2D eigenvalue weighted by Crippen LogP contribution is -2.14. The number of rotatable bonds is 6. The topological polar surface area (TPSA) is 95.1 Å². The fourth-order valence-electron chi connectivity index (χ4n) is 2.26. The Kier molecular flexibility index (Phi) is 6.82. The molecule has 0 heterocycles. The summed E-state index contributed by atoms with van der Waals surface area (Å²) in [5.74, 6) is 0.182. The van der Waals surface area contributed by atoms with E-state index >= 15 is 0 Å². The van der Waals surface area contributed by atoms with Gasteiger partial charge in [0.2, 0.25) is 0 Å². The van der Waals surface area contributed by atoms with E-state index in [1.165, 1.54) is 13.2 Å². The van der Waals surface area contributed by atoms with Crippen LogP contribution < -0.4 is 14.8 Å². The Labute approximate surface area is 162 Å². The van der Waals surface area contributed by atoms with Gasteiger partial charge in [-0.15, -0.1) is 0 Å². The summed E-state index contributed by atoms with van der Waals surface area (Å²) in [5.41, 5.74) is 1.54. The zero-order valence-corrected chi connectivity index (χ0v) is 15.5. The van der Waals surface area contributed by atoms with Gasteiger partial charge >= 0.3 is 0 Å². The zero-order chi connectivity index (χ0) is 19.8. The van der Waals surface area contributed by atoms with Gasteiger partial charge in [-0.2, -0.15) is 10.5 Å². The van der Waals surface area contributed by atoms with Crippen LogP contribution in [0.3, 0.4) is 0 Å². The van der Waals surface area contributed by atoms with Crippen LogP contribution in [0.25, 0.3) is 6.08 Å². The minimum atomic E-state index is -0.604. The average Bonchev–Trinajstić information content (AvgIpc) is 2.67. The van der Waals surface area contributed by atoms with Crippen molar-refractivity contribution in [3.05, 3.63) is 58.1 Å². The van der Waals surface area contributed by atoms with E-state index in [0.29, 0.717) is 27.8 Å². The number of hydrogen-bond acceptors (Lipinski definition) is 5. The third-order valence-electron chi connectivity index (χ3n) is 3.61. The van der Waals surface area contributed by atoms with E-state index < -0.39 is 5.91 Å². The fraction of sp³-hybridized carbons (Fsp3) is 0.150. The van der Waals surface area contributed by atoms with Crippen LogP contribution in [-0.4, -0.2) is 19.6 Å². The number of hydrogen-bond donors (Lipinski definition) is 1. The number of nitrogens with zero attached hydrogens (tertiary/aromatic N) is 2. The van der Waals surface area contributed by atoms with Crippen molar-refractivity contribution in [2.24, 2.45) is 0 Å². The van der Waals surface area contributed by atoms with Gasteiger partial charge in [0, 0.05) is 16.7 Å². The number of anilines is 1. The molecule has 1 amide bonds. The molecule has 0 radical (unpaired) electrons. The standard InChI is InChI=1S/C20H16ClN3O3/c1-13-9-17(19(26-2)11-16(13)21)24-20(25)15(12-23)10-14-5-3-4-6-18(14)27-8-7-22/h3-6,9-11H,8H2,1-2H3,(H,24,25)/b15-10+. The Morgan fingerprint density at radius 2 is 2.00 bits per heavy atom. The first kappa shape index (κ1) is 19.8. The van der Waals surface area contributed by atoms with E-state index in [2.05, 4.69) is 5.32 Å². The number of methoxy groups -OCH3 is 1. The number of nitrogens with one attached hydrogen (secondary N) is 1. The molecular weight excluding hydrogens is 366 g/mol. The minimum Gasteiger partial charge on any atom is -0.495 e. The third-order valence-corrected chi connectivity index (χ3v) is 4.01. The lowest BCUT2D eigenvalue weighted by atomic mass is 10.1. The van der Waals surface area contributed by atoms with Gasteiger partial charge in [0.1, 0.15) is 29.2 Å². The number of aryl methyl sites for hydroxylation is 1. The summed E-state index contributed by atoms with van der Waals surface area (Å²) in [6, 6.07) is 13.8. The highest BCUT2D eigenvalue weighted by molar-refractivity contribution is 6.31. The van der Waals surface area contributed by atoms with Crippen molar-refractivity contribution in [1.82, 2.24) is 0 Å². The summed E-state index contributed by atoms with van der Waals surface area (Å²) in [5, 5.41) is 21.2. The Bertz CT molecular complexity index is 971. The summed E-state index contributed by atoms with van der Waals surface area (Å²) in [7, 11) is 1.46. The molecule has 2 aromatic rings. The summed E-state index contributed by atoms with van der Waals surface area (Å²) in [6.07, 6.45) is 1.40. The second kappa shape index (κ2) is 9.28. The lowest BCUT2D eigenvalue weighted by molar-refractivity contribution is -0.112. The van der Waals surface area contributed by atoms with Crippen LogP contribution in [0.15, 0.2) is 42.0 Å². The van der Waals surface area contributed by atoms with Gasteiger partial charge in [-0.05, 0) is 30.7 Å². The molecule has 0 saturated heterocycles. The molecule has 1 N–H and O–H groups in total. The molecule has 136 valence electrons. The Hall–Kier alpha value is -3.48. The van der Waals surface area contributed by atoms with Crippen LogP contribution in [0.1, 0.15) is 11.1 Å². The van der Waals surface area contributed by atoms with Gasteiger partial charge in [-0.1, -0.05) is 29.8 Å². The predicted octanol–water partition coefficient (Wildman–Crippen LogP) is 4.11. The number of amides is 1. The van der Waals surface area contributed by atoms with Gasteiger partial charge in [-0.3, -0.25) is 4.79 Å². The summed E-state index contributed by atoms with van der Waals surface area (Å²) in [6.45, 7) is 1.65. The maximum atomic E-state index is 12.6. The first-order chi connectivity index (χ1) is 13.0. The van der Waals surface area contributed by atoms with Crippen LogP contribution in [0.5, 0.6) is 11.5 Å². The molecule has 0 aromatic heterocycles. The van der Waals surface area contributed by atoms with Crippen LogP contribution in [-0.2, 0) is 4.79 Å². The molecule has 0 saturated carbocycles. The van der Waals surface area contributed by atoms with Crippen LogP contribution in [0, 0.1) is 29.6 Å². The number of halogens is 1. The lowest BCUT2D eigenvalue weighted by Gasteiger charge is -2.12. The van der Waals surface area contributed by atoms with Gasteiger partial charge in [-0.25, -0.2) is 0 Å². The molecule has 27 heavy (non-hydrogen) atoms. The highest BCUT2D eigenvalue weighted by Gasteiger charge is 2.15. The van der Waals surface area contributed by atoms with E-state index in [9.17, 15) is 10.1 Å². The van der Waals surface area contributed by atoms with Crippen LogP contribution in [0.4, 0.5) is 5.69 Å². The third kappa shape index (κ3) is 5.01. The Balaban J connectivity index is 2.33. The number of ether oxygens (including phenoxy) is 2. The van der Waals surface area contributed by atoms with Crippen molar-refractivity contribution < 1.29 is 14.3 Å². The maximum Gasteiger partial charge on any atom is 0.266 e. The van der Waals surface area contributed by atoms with E-state index in [1.807, 2.05) is 12.1 Å². The van der Waals surface area contributed by atoms with E-state index in [4.69, 9.17) is 26.3 Å². The number of carbonyl (C=O) groups is 1. The van der Waals surface area contributed by atoms with E-state index in [-0.39, 0.29) is 12.2 Å². The van der Waals surface area contributed by atoms with Gasteiger partial charge in [0.25, 0.3) is 5.91 Å². The molecular formula is C20H16ClN3O3. The molecule has 0 fully saturated rings. The molecule has 2 rings (SSSR count). The first-order valence-corrected chi connectivity index (χ1v) is 8.24. The molecule has 0 aliphatic rings. The molecule has 0 unspecified atom stereocenters. The zero-order valence-electron chi connectivity index (χ0n) is 14.7. The molecule has 7 heteroatoms. The summed E-state index contributed by atoms with van der Waals surface area (Å²) < 4.78 is 10.5. The predicted molar refractivity (Wildman–Crippen MR) is 103 cm³/mol. The second-order valence-electron chi connectivity index (χ2n) is 5.41. The smallest absolute Gasteiger partial charge is 0.266 e. The van der Waals surface area contributed by atoms with Gasteiger partial charge in [0.15, 0.2) is 6.61 Å². The number of benzene rings is 2. The van der Waals surface area contributed by atoms with Crippen molar-refractivity contribution in [2.45, 2.75) is 6.92 Å². The molecule has 0 atom stereocenters. The average molecular weight is 382 g/mol. The summed E-state index contributed by atoms with van der Waals surface area (Å²) in [4.78, 5) is 12.6.